The molecule has 1 N–H and O–H groups in total. The summed E-state index contributed by atoms with van der Waals surface area (Å²) in [7, 11) is 0. The molecule has 9 nitrogen and oxygen atoms in total. The summed E-state index contributed by atoms with van der Waals surface area (Å²) in [5, 5.41) is 12.3. The maximum Gasteiger partial charge on any atom is 0.247 e. The molecule has 9 heteroatoms. The molecule has 1 fully saturated rings. The molecule has 0 bridgehead atoms. The minimum atomic E-state index is 0.308. The maximum absolute atomic E-state index is 8.00. The number of fused-ring (bicyclic) bond motifs is 1. The van der Waals surface area contributed by atoms with Gasteiger partial charge in [0.05, 0.1) is 30.2 Å². The Bertz CT molecular complexity index is 1130. The van der Waals surface area contributed by atoms with Crippen LogP contribution in [0, 0.1) is 6.92 Å². The molecule has 0 saturated carbocycles. The van der Waals surface area contributed by atoms with Crippen molar-refractivity contribution < 1.29 is 14.3 Å². The van der Waals surface area contributed by atoms with Crippen LogP contribution in [0.15, 0.2) is 54.9 Å². The van der Waals surface area contributed by atoms with Gasteiger partial charge in [0.2, 0.25) is 5.95 Å². The van der Waals surface area contributed by atoms with Crippen molar-refractivity contribution in [2.24, 2.45) is 0 Å². The number of pyridine rings is 1. The van der Waals surface area contributed by atoms with Crippen LogP contribution < -0.4 is 5.32 Å². The van der Waals surface area contributed by atoms with E-state index in [9.17, 15) is 0 Å². The predicted octanol–water partition coefficient (Wildman–Crippen LogP) is 3.24. The predicted molar refractivity (Wildman–Crippen MR) is 117 cm³/mol. The van der Waals surface area contributed by atoms with E-state index in [1.807, 2.05) is 41.1 Å². The number of hydrogen-bond acceptors (Lipinski definition) is 7. The van der Waals surface area contributed by atoms with Crippen molar-refractivity contribution >= 4 is 30.9 Å². The van der Waals surface area contributed by atoms with Gasteiger partial charge in [0.15, 0.2) is 5.65 Å². The third kappa shape index (κ3) is 4.84. The lowest BCUT2D eigenvalue weighted by Crippen LogP contribution is -2.08. The van der Waals surface area contributed by atoms with Gasteiger partial charge in [-0.25, -0.2) is 4.52 Å². The van der Waals surface area contributed by atoms with E-state index in [1.54, 1.807) is 6.20 Å². The van der Waals surface area contributed by atoms with Crippen LogP contribution >= 0.6 is 0 Å². The van der Waals surface area contributed by atoms with Gasteiger partial charge in [-0.2, -0.15) is 10.1 Å². The number of ether oxygens (including phenoxy) is 1. The highest BCUT2D eigenvalue weighted by atomic mass is 16.5. The molecular weight excluding hydrogens is 396 g/mol. The van der Waals surface area contributed by atoms with Gasteiger partial charge in [-0.05, 0) is 31.5 Å². The third-order valence-electron chi connectivity index (χ3n) is 4.81. The smallest absolute Gasteiger partial charge is 0.247 e. The molecule has 4 heterocycles. The van der Waals surface area contributed by atoms with Crippen LogP contribution in [0.5, 0.6) is 0 Å². The largest absolute Gasteiger partial charge is 0.379 e. The molecule has 1 saturated heterocycles. The van der Waals surface area contributed by atoms with Crippen molar-refractivity contribution in [2.45, 2.75) is 19.4 Å². The summed E-state index contributed by atoms with van der Waals surface area (Å²) in [4.78, 5) is 20.6. The van der Waals surface area contributed by atoms with Crippen LogP contribution in [-0.2, 0) is 14.3 Å². The van der Waals surface area contributed by atoms with Gasteiger partial charge in [-0.1, -0.05) is 29.8 Å². The van der Waals surface area contributed by atoms with Crippen LogP contribution in [0.3, 0.4) is 0 Å². The average Bonchev–Trinajstić information content (AvgIpc) is 3.57. The Labute approximate surface area is 179 Å². The van der Waals surface area contributed by atoms with E-state index in [4.69, 9.17) is 14.3 Å². The van der Waals surface area contributed by atoms with E-state index in [0.29, 0.717) is 18.6 Å². The molecule has 5 rings (SSSR count). The van der Waals surface area contributed by atoms with Crippen LogP contribution in [0.2, 0.25) is 0 Å². The molecule has 1 aliphatic rings. The normalized spacial score (nSPS) is 14.9. The first-order valence-electron chi connectivity index (χ1n) is 9.66. The molecule has 0 radical (unpaired) electrons. The number of carbonyl (C=O) groups excluding carboxylic acids is 2. The van der Waals surface area contributed by atoms with Gasteiger partial charge < -0.3 is 19.6 Å². The van der Waals surface area contributed by atoms with Crippen molar-refractivity contribution in [2.75, 3.05) is 18.5 Å². The zero-order valence-corrected chi connectivity index (χ0v) is 17.3. The van der Waals surface area contributed by atoms with Crippen molar-refractivity contribution in [3.8, 4) is 11.3 Å². The topological polar surface area (TPSA) is 103 Å². The van der Waals surface area contributed by atoms with E-state index in [0.717, 1.165) is 35.6 Å². The maximum atomic E-state index is 8.00. The highest BCUT2D eigenvalue weighted by Gasteiger charge is 2.18. The lowest BCUT2D eigenvalue weighted by Gasteiger charge is -2.06. The van der Waals surface area contributed by atoms with Crippen molar-refractivity contribution in [3.63, 3.8) is 0 Å². The second kappa shape index (κ2) is 10.3. The Morgan fingerprint density at radius 1 is 1.13 bits per heavy atom. The second-order valence-electron chi connectivity index (χ2n) is 6.84. The van der Waals surface area contributed by atoms with E-state index in [1.165, 1.54) is 5.56 Å². The number of nitrogens with zero attached hydrogens (tertiary/aromatic N) is 5. The van der Waals surface area contributed by atoms with Crippen molar-refractivity contribution in [1.82, 2.24) is 24.4 Å². The number of aryl methyl sites for hydroxylation is 1. The molecule has 1 aliphatic heterocycles. The van der Waals surface area contributed by atoms with Gasteiger partial charge in [0.1, 0.15) is 13.6 Å². The minimum absolute atomic E-state index is 0.308. The summed E-state index contributed by atoms with van der Waals surface area (Å²) >= 11 is 0. The summed E-state index contributed by atoms with van der Waals surface area (Å²) < 4.78 is 9.25. The molecule has 1 aromatic carbocycles. The monoisotopic (exact) mass is 420 g/mol. The van der Waals surface area contributed by atoms with Gasteiger partial charge in [-0.3, -0.25) is 4.68 Å². The number of hydrogen-bond donors (Lipinski definition) is 1. The third-order valence-corrected chi connectivity index (χ3v) is 4.81. The van der Waals surface area contributed by atoms with Gasteiger partial charge in [-0.15, -0.1) is 5.10 Å². The van der Waals surface area contributed by atoms with E-state index in [2.05, 4.69) is 57.8 Å². The first-order valence-corrected chi connectivity index (χ1v) is 9.66. The molecule has 1 unspecified atom stereocenters. The lowest BCUT2D eigenvalue weighted by atomic mass is 10.1. The van der Waals surface area contributed by atoms with E-state index >= 15 is 0 Å². The molecule has 0 aliphatic carbocycles. The molecule has 3 aromatic heterocycles. The quantitative estimate of drug-likeness (QED) is 0.540. The summed E-state index contributed by atoms with van der Waals surface area (Å²) in [5.41, 5.74) is 5.01. The van der Waals surface area contributed by atoms with E-state index < -0.39 is 0 Å². The Morgan fingerprint density at radius 2 is 1.94 bits per heavy atom. The van der Waals surface area contributed by atoms with Crippen LogP contribution in [-0.4, -0.2) is 51.2 Å². The molecule has 1 atom stereocenters. The summed E-state index contributed by atoms with van der Waals surface area (Å²) in [6.07, 6.45) is 4.77. The summed E-state index contributed by atoms with van der Waals surface area (Å²) in [6.45, 7) is 7.60. The highest BCUT2D eigenvalue weighted by molar-refractivity contribution is 5.65. The Morgan fingerprint density at radius 3 is 2.68 bits per heavy atom. The molecule has 0 spiro atoms. The Kier molecular flexibility index (Phi) is 7.23. The standard InChI is InChI=1S/C20H20N6O.2CH2O/c1-14-4-2-5-15(10-14)18-6-3-7-19-23-20(24-26(18)19)22-16-11-21-25(12-16)17-8-9-27-13-17;2*1-2/h2-7,10-12,17H,8-9,13H2,1H3,(H,22,24);2*1H2. The zero-order valence-electron chi connectivity index (χ0n) is 17.3. The lowest BCUT2D eigenvalue weighted by molar-refractivity contribution is -0.0987. The fourth-order valence-corrected chi connectivity index (χ4v) is 3.44. The first kappa shape index (κ1) is 21.8. The number of aromatic nitrogens is 5. The molecule has 4 aromatic rings. The number of carbonyl (C=O) groups is 2. The number of benzene rings is 1. The molecule has 160 valence electrons. The fourth-order valence-electron chi connectivity index (χ4n) is 3.44. The molecule has 0 amide bonds. The molecular formula is C22H24N6O3. The van der Waals surface area contributed by atoms with Crippen molar-refractivity contribution in [3.05, 3.63) is 60.4 Å². The minimum Gasteiger partial charge on any atom is -0.379 e. The Hall–Kier alpha value is -3.85. The SMILES string of the molecule is C=O.C=O.Cc1cccc(-c2cccc3nc(Nc4cnn(C5CCOC5)c4)nn23)c1. The van der Waals surface area contributed by atoms with Crippen LogP contribution in [0.25, 0.3) is 16.9 Å². The van der Waals surface area contributed by atoms with Crippen molar-refractivity contribution in [1.29, 1.82) is 0 Å². The molecule has 31 heavy (non-hydrogen) atoms. The number of anilines is 2. The number of nitrogens with one attached hydrogen (secondary N) is 1. The Balaban J connectivity index is 0.000000645. The van der Waals surface area contributed by atoms with Gasteiger partial charge in [0.25, 0.3) is 0 Å². The number of rotatable bonds is 4. The van der Waals surface area contributed by atoms with Crippen LogP contribution in [0.4, 0.5) is 11.6 Å². The summed E-state index contributed by atoms with van der Waals surface area (Å²) in [5.74, 6) is 0.553. The first-order chi connectivity index (χ1) is 15.3. The van der Waals surface area contributed by atoms with E-state index in [-0.39, 0.29) is 0 Å². The zero-order chi connectivity index (χ0) is 22.2. The highest BCUT2D eigenvalue weighted by Crippen LogP contribution is 2.24. The van der Waals surface area contributed by atoms with Gasteiger partial charge in [0, 0.05) is 18.4 Å². The average molecular weight is 420 g/mol. The second-order valence-corrected chi connectivity index (χ2v) is 6.84. The van der Waals surface area contributed by atoms with Gasteiger partial charge >= 0.3 is 0 Å². The summed E-state index contributed by atoms with van der Waals surface area (Å²) in [6, 6.07) is 14.7. The fraction of sp³-hybridized carbons (Fsp3) is 0.227. The van der Waals surface area contributed by atoms with Crippen LogP contribution in [0.1, 0.15) is 18.0 Å².